The summed E-state index contributed by atoms with van der Waals surface area (Å²) in [6, 6.07) is 21.5. The van der Waals surface area contributed by atoms with Gasteiger partial charge in [-0.1, -0.05) is 42.5 Å². The first-order valence-electron chi connectivity index (χ1n) is 10.7. The molecular weight excluding hydrogens is 530 g/mol. The molecule has 0 saturated carbocycles. The Morgan fingerprint density at radius 1 is 1.03 bits per heavy atom. The van der Waals surface area contributed by atoms with Crippen LogP contribution in [0.1, 0.15) is 21.5 Å². The van der Waals surface area contributed by atoms with Crippen LogP contribution in [-0.4, -0.2) is 44.0 Å². The van der Waals surface area contributed by atoms with Crippen LogP contribution >= 0.6 is 27.7 Å². The van der Waals surface area contributed by atoms with Gasteiger partial charge in [-0.2, -0.15) is 16.9 Å². The average Bonchev–Trinajstić information content (AvgIpc) is 2.88. The summed E-state index contributed by atoms with van der Waals surface area (Å²) in [6.07, 6.45) is 1.49. The van der Waals surface area contributed by atoms with Crippen molar-refractivity contribution in [3.63, 3.8) is 0 Å². The van der Waals surface area contributed by atoms with E-state index in [1.165, 1.54) is 6.21 Å². The number of halogens is 1. The van der Waals surface area contributed by atoms with Crippen molar-refractivity contribution in [1.29, 1.82) is 0 Å². The molecule has 182 valence electrons. The number of hydrazone groups is 1. The molecule has 3 aromatic carbocycles. The number of nitrogens with zero attached hydrogens (tertiary/aromatic N) is 1. The molecule has 0 radical (unpaired) electrons. The van der Waals surface area contributed by atoms with Crippen LogP contribution in [-0.2, 0) is 10.5 Å². The molecule has 0 aliphatic heterocycles. The third kappa shape index (κ3) is 7.87. The van der Waals surface area contributed by atoms with Crippen molar-refractivity contribution >= 4 is 45.7 Å². The fourth-order valence-electron chi connectivity index (χ4n) is 3.10. The minimum atomic E-state index is -0.793. The van der Waals surface area contributed by atoms with Crippen LogP contribution in [0.25, 0.3) is 0 Å². The van der Waals surface area contributed by atoms with Gasteiger partial charge in [0.2, 0.25) is 0 Å². The normalized spacial score (nSPS) is 11.6. The molecular formula is C26H26BrN3O4S. The minimum absolute atomic E-state index is 0.348. The second kappa shape index (κ2) is 13.6. The lowest BCUT2D eigenvalue weighted by molar-refractivity contribution is -0.122. The Morgan fingerprint density at radius 2 is 1.77 bits per heavy atom. The molecule has 0 spiro atoms. The summed E-state index contributed by atoms with van der Waals surface area (Å²) in [6.45, 7) is 0. The van der Waals surface area contributed by atoms with E-state index in [1.54, 1.807) is 62.4 Å². The fraction of sp³-hybridized carbons (Fsp3) is 0.192. The summed E-state index contributed by atoms with van der Waals surface area (Å²) in [7, 11) is 3.11. The first-order chi connectivity index (χ1) is 17.0. The van der Waals surface area contributed by atoms with Gasteiger partial charge in [0.1, 0.15) is 17.5 Å². The van der Waals surface area contributed by atoms with E-state index in [2.05, 4.69) is 31.8 Å². The highest BCUT2D eigenvalue weighted by Crippen LogP contribution is 2.23. The van der Waals surface area contributed by atoms with E-state index in [0.717, 1.165) is 5.56 Å². The number of carbonyl (C=O) groups is 2. The maximum absolute atomic E-state index is 13.0. The van der Waals surface area contributed by atoms with E-state index in [1.807, 2.05) is 36.4 Å². The molecule has 1 atom stereocenters. The Balaban J connectivity index is 1.69. The van der Waals surface area contributed by atoms with E-state index in [9.17, 15) is 9.59 Å². The molecule has 0 aromatic heterocycles. The highest BCUT2D eigenvalue weighted by molar-refractivity contribution is 9.10. The minimum Gasteiger partial charge on any atom is -0.497 e. The van der Waals surface area contributed by atoms with Crippen molar-refractivity contribution in [2.75, 3.05) is 20.0 Å². The number of amides is 2. The molecule has 0 aliphatic rings. The second-order valence-electron chi connectivity index (χ2n) is 7.35. The van der Waals surface area contributed by atoms with Crippen LogP contribution in [0.15, 0.2) is 82.4 Å². The van der Waals surface area contributed by atoms with Crippen LogP contribution < -0.4 is 20.2 Å². The lowest BCUT2D eigenvalue weighted by atomic mass is 10.2. The summed E-state index contributed by atoms with van der Waals surface area (Å²) in [4.78, 5) is 25.8. The largest absolute Gasteiger partial charge is 0.497 e. The molecule has 0 aliphatic carbocycles. The van der Waals surface area contributed by atoms with Gasteiger partial charge in [0, 0.05) is 27.6 Å². The molecule has 0 unspecified atom stereocenters. The molecule has 35 heavy (non-hydrogen) atoms. The van der Waals surface area contributed by atoms with Gasteiger partial charge in [-0.3, -0.25) is 9.59 Å². The van der Waals surface area contributed by atoms with Gasteiger partial charge < -0.3 is 14.8 Å². The van der Waals surface area contributed by atoms with E-state index in [4.69, 9.17) is 9.47 Å². The van der Waals surface area contributed by atoms with Crippen molar-refractivity contribution in [1.82, 2.24) is 10.7 Å². The molecule has 0 heterocycles. The van der Waals surface area contributed by atoms with Crippen LogP contribution in [0.3, 0.4) is 0 Å². The van der Waals surface area contributed by atoms with Gasteiger partial charge in [0.15, 0.2) is 0 Å². The lowest BCUT2D eigenvalue weighted by Crippen LogP contribution is -2.47. The predicted octanol–water partition coefficient (Wildman–Crippen LogP) is 4.65. The van der Waals surface area contributed by atoms with Crippen LogP contribution in [0.4, 0.5) is 0 Å². The van der Waals surface area contributed by atoms with Crippen molar-refractivity contribution in [3.8, 4) is 11.5 Å². The van der Waals surface area contributed by atoms with Crippen molar-refractivity contribution in [2.24, 2.45) is 5.10 Å². The molecule has 3 rings (SSSR count). The first-order valence-corrected chi connectivity index (χ1v) is 12.7. The summed E-state index contributed by atoms with van der Waals surface area (Å²) in [5, 5.41) is 6.90. The number of methoxy groups -OCH3 is 2. The number of thioether (sulfide) groups is 1. The summed E-state index contributed by atoms with van der Waals surface area (Å²) >= 11 is 4.94. The smallest absolute Gasteiger partial charge is 0.263 e. The van der Waals surface area contributed by atoms with Crippen LogP contribution in [0.5, 0.6) is 11.5 Å². The van der Waals surface area contributed by atoms with Crippen LogP contribution in [0.2, 0.25) is 0 Å². The topological polar surface area (TPSA) is 89.0 Å². The molecule has 7 nitrogen and oxygen atoms in total. The Morgan fingerprint density at radius 3 is 2.49 bits per heavy atom. The number of benzene rings is 3. The quantitative estimate of drug-likeness (QED) is 0.265. The number of rotatable bonds is 11. The Bertz CT molecular complexity index is 1170. The highest BCUT2D eigenvalue weighted by atomic mass is 79.9. The second-order valence-corrected chi connectivity index (χ2v) is 9.23. The molecule has 9 heteroatoms. The SMILES string of the molecule is COc1ccc(C=NNC(=O)[C@@H](CSCc2ccccc2)NC(=O)c2ccccc2Br)c(OC)c1. The van der Waals surface area contributed by atoms with E-state index >= 15 is 0 Å². The lowest BCUT2D eigenvalue weighted by Gasteiger charge is -2.17. The number of carbonyl (C=O) groups excluding carboxylic acids is 2. The maximum atomic E-state index is 13.0. The highest BCUT2D eigenvalue weighted by Gasteiger charge is 2.22. The standard InChI is InChI=1S/C26H26BrN3O4S/c1-33-20-13-12-19(24(14-20)34-2)15-28-30-26(32)23(17-35-16-18-8-4-3-5-9-18)29-25(31)21-10-6-7-11-22(21)27/h3-15,23H,16-17H2,1-2H3,(H,29,31)(H,30,32)/t23-/m1/s1. The average molecular weight is 556 g/mol. The number of nitrogens with one attached hydrogen (secondary N) is 2. The van der Waals surface area contributed by atoms with Gasteiger partial charge in [-0.05, 0) is 45.8 Å². The van der Waals surface area contributed by atoms with Crippen LogP contribution in [0, 0.1) is 0 Å². The van der Waals surface area contributed by atoms with Gasteiger partial charge in [0.05, 0.1) is 26.0 Å². The molecule has 0 bridgehead atoms. The number of ether oxygens (including phenoxy) is 2. The Labute approximate surface area is 217 Å². The monoisotopic (exact) mass is 555 g/mol. The number of hydrogen-bond donors (Lipinski definition) is 2. The molecule has 0 saturated heterocycles. The molecule has 3 aromatic rings. The Kier molecular flexibility index (Phi) is 10.2. The first kappa shape index (κ1) is 26.3. The van der Waals surface area contributed by atoms with Gasteiger partial charge in [0.25, 0.3) is 11.8 Å². The maximum Gasteiger partial charge on any atom is 0.263 e. The van der Waals surface area contributed by atoms with E-state index in [0.29, 0.717) is 38.6 Å². The third-order valence-electron chi connectivity index (χ3n) is 4.96. The summed E-state index contributed by atoms with van der Waals surface area (Å²) < 4.78 is 11.2. The Hall–Kier alpha value is -3.30. The summed E-state index contributed by atoms with van der Waals surface area (Å²) in [5.74, 6) is 1.52. The van der Waals surface area contributed by atoms with Crippen molar-refractivity contribution < 1.29 is 19.1 Å². The van der Waals surface area contributed by atoms with Gasteiger partial charge >= 0.3 is 0 Å². The molecule has 0 fully saturated rings. The zero-order valence-corrected chi connectivity index (χ0v) is 21.8. The number of hydrogen-bond acceptors (Lipinski definition) is 6. The van der Waals surface area contributed by atoms with Gasteiger partial charge in [-0.25, -0.2) is 5.43 Å². The zero-order chi connectivity index (χ0) is 25.0. The zero-order valence-electron chi connectivity index (χ0n) is 19.4. The molecule has 2 amide bonds. The van der Waals surface area contributed by atoms with E-state index < -0.39 is 11.9 Å². The van der Waals surface area contributed by atoms with Gasteiger partial charge in [-0.15, -0.1) is 0 Å². The van der Waals surface area contributed by atoms with E-state index in [-0.39, 0.29) is 5.91 Å². The molecule has 2 N–H and O–H groups in total. The van der Waals surface area contributed by atoms with Crippen molar-refractivity contribution in [3.05, 3.63) is 94.0 Å². The predicted molar refractivity (Wildman–Crippen MR) is 143 cm³/mol. The third-order valence-corrected chi connectivity index (χ3v) is 6.75. The van der Waals surface area contributed by atoms with Crippen molar-refractivity contribution in [2.45, 2.75) is 11.8 Å². The summed E-state index contributed by atoms with van der Waals surface area (Å²) in [5.41, 5.74) is 4.79. The fourth-order valence-corrected chi connectivity index (χ4v) is 4.58.